The van der Waals surface area contributed by atoms with Gasteiger partial charge in [-0.15, -0.1) is 0 Å². The third-order valence-electron chi connectivity index (χ3n) is 7.85. The monoisotopic (exact) mass is 797 g/mol. The largest absolute Gasteiger partial charge is 0.490 e. The Balaban J connectivity index is 0.00000203. The molecule has 2 aromatic carbocycles. The number of alkyl carbamates (subject to hydrolysis) is 1. The number of hydrogen-bond donors (Lipinski definition) is 9. The van der Waals surface area contributed by atoms with Crippen molar-refractivity contribution in [2.24, 2.45) is 22.6 Å². The van der Waals surface area contributed by atoms with E-state index >= 15 is 0 Å². The van der Waals surface area contributed by atoms with Crippen LogP contribution in [0.15, 0.2) is 65.7 Å². The summed E-state index contributed by atoms with van der Waals surface area (Å²) < 4.78 is 37.0. The number of nitrogens with zero attached hydrogens (tertiary/aromatic N) is 1. The van der Waals surface area contributed by atoms with Gasteiger partial charge in [0, 0.05) is 13.1 Å². The summed E-state index contributed by atoms with van der Waals surface area (Å²) in [6.07, 6.45) is -5.82. The lowest BCUT2D eigenvalue weighted by Crippen LogP contribution is -2.58. The van der Waals surface area contributed by atoms with Crippen molar-refractivity contribution in [3.63, 3.8) is 0 Å². The maximum absolute atomic E-state index is 13.6. The first-order valence-corrected chi connectivity index (χ1v) is 17.9. The summed E-state index contributed by atoms with van der Waals surface area (Å²) in [6.45, 7) is 7.94. The molecule has 0 aliphatic heterocycles. The van der Waals surface area contributed by atoms with Gasteiger partial charge in [0.1, 0.15) is 18.7 Å². The molecule has 0 heterocycles. The number of aliphatic hydroxyl groups excluding tert-OH is 1. The van der Waals surface area contributed by atoms with Crippen LogP contribution < -0.4 is 32.5 Å². The van der Waals surface area contributed by atoms with Crippen LogP contribution >= 0.6 is 0 Å². The van der Waals surface area contributed by atoms with Crippen molar-refractivity contribution in [1.82, 2.24) is 26.7 Å². The van der Waals surface area contributed by atoms with Gasteiger partial charge in [0.05, 0.1) is 18.6 Å². The number of alkyl halides is 3. The summed E-state index contributed by atoms with van der Waals surface area (Å²) in [6, 6.07) is 15.9. The third-order valence-corrected chi connectivity index (χ3v) is 7.85. The normalized spacial score (nSPS) is 13.6. The number of halogens is 3. The number of nitrogens with one attached hydrogen (secondary N) is 5. The zero-order valence-corrected chi connectivity index (χ0v) is 31.8. The van der Waals surface area contributed by atoms with E-state index < -0.39 is 54.3 Å². The van der Waals surface area contributed by atoms with Crippen LogP contribution in [0.2, 0.25) is 0 Å². The summed E-state index contributed by atoms with van der Waals surface area (Å²) in [5.41, 5.74) is 9.02. The lowest BCUT2D eigenvalue weighted by atomic mass is 9.95. The van der Waals surface area contributed by atoms with Crippen molar-refractivity contribution in [3.05, 3.63) is 71.8 Å². The van der Waals surface area contributed by atoms with Gasteiger partial charge in [-0.2, -0.15) is 13.2 Å². The Labute approximate surface area is 323 Å². The molecule has 0 radical (unpaired) electrons. The number of aliphatic carboxylic acids is 1. The van der Waals surface area contributed by atoms with Crippen LogP contribution in [0.5, 0.6) is 0 Å². The molecule has 10 N–H and O–H groups in total. The maximum atomic E-state index is 13.6. The number of guanidine groups is 1. The second-order valence-electron chi connectivity index (χ2n) is 13.4. The molecule has 0 aliphatic rings. The van der Waals surface area contributed by atoms with Crippen LogP contribution in [0.3, 0.4) is 0 Å². The number of amides is 4. The molecule has 0 saturated heterocycles. The fourth-order valence-electron chi connectivity index (χ4n) is 4.98. The molecule has 0 aliphatic carbocycles. The third kappa shape index (κ3) is 20.9. The highest BCUT2D eigenvalue weighted by molar-refractivity contribution is 5.91. The fourth-order valence-corrected chi connectivity index (χ4v) is 4.98. The molecule has 2 rings (SSSR count). The van der Waals surface area contributed by atoms with Crippen LogP contribution in [0.1, 0.15) is 64.5 Å². The van der Waals surface area contributed by atoms with E-state index in [1.165, 1.54) is 0 Å². The second-order valence-corrected chi connectivity index (χ2v) is 13.4. The number of aliphatic imine (C=N–C) groups is 1. The van der Waals surface area contributed by atoms with E-state index in [4.69, 9.17) is 25.6 Å². The van der Waals surface area contributed by atoms with E-state index in [0.717, 1.165) is 11.1 Å². The van der Waals surface area contributed by atoms with Gasteiger partial charge in [0.2, 0.25) is 23.7 Å². The van der Waals surface area contributed by atoms with Gasteiger partial charge >= 0.3 is 18.2 Å². The molecular weight excluding hydrogens is 743 g/mol. The first-order valence-electron chi connectivity index (χ1n) is 17.9. The number of carboxylic acids is 1. The molecule has 0 bridgehead atoms. The molecule has 0 saturated carbocycles. The standard InChI is InChI=1S/C35H53N7O7.C2HF3O2/c1-23(2)20-28(29(43)21-30(44)37-19-17-25-12-7-5-8-13-25)39-33(46)31(24(3)4)41-32(45)27(16-11-18-38-34(36)42-48)40-35(47)49-22-26-14-9-6-10-15-26;3-2(4,5)1(6)7/h5-10,12-15,23-24,27-29,31,43,48H,11,16-22H2,1-4H3,(H,37,44)(H,39,46)(H,40,47)(H,41,45)(H3,36,38,42);(H,6,7)/t27-,28-,29-,31-;/m0./s1. The SMILES string of the molecule is CC(C)C[C@H](NC(=O)[C@@H](NC(=O)[C@H](CCCN=C(N)NO)NC(=O)OCc1ccccc1)C(C)C)[C@@H](O)CC(=O)NCCc1ccccc1.O=C(O)C(F)(F)F. The molecule has 16 nitrogen and oxygen atoms in total. The minimum Gasteiger partial charge on any atom is -0.475 e. The Hall–Kier alpha value is -5.43. The highest BCUT2D eigenvalue weighted by Crippen LogP contribution is 2.14. The van der Waals surface area contributed by atoms with E-state index in [1.54, 1.807) is 31.5 Å². The Morgan fingerprint density at radius 2 is 1.45 bits per heavy atom. The van der Waals surface area contributed by atoms with Crippen LogP contribution in [0.4, 0.5) is 18.0 Å². The van der Waals surface area contributed by atoms with E-state index in [2.05, 4.69) is 26.3 Å². The molecule has 2 aromatic rings. The number of rotatable bonds is 20. The lowest BCUT2D eigenvalue weighted by molar-refractivity contribution is -0.192. The Bertz CT molecular complexity index is 1530. The number of nitrogens with two attached hydrogens (primary N) is 1. The van der Waals surface area contributed by atoms with Crippen molar-refractivity contribution >= 4 is 35.7 Å². The highest BCUT2D eigenvalue weighted by atomic mass is 19.4. The zero-order chi connectivity index (χ0) is 42.3. The van der Waals surface area contributed by atoms with E-state index in [9.17, 15) is 37.5 Å². The number of carbonyl (C=O) groups excluding carboxylic acids is 4. The average molecular weight is 798 g/mol. The number of benzene rings is 2. The number of carbonyl (C=O) groups is 5. The highest BCUT2D eigenvalue weighted by Gasteiger charge is 2.38. The summed E-state index contributed by atoms with van der Waals surface area (Å²) in [5, 5.41) is 38.0. The zero-order valence-electron chi connectivity index (χ0n) is 31.8. The minimum atomic E-state index is -5.08. The smallest absolute Gasteiger partial charge is 0.475 e. The van der Waals surface area contributed by atoms with Crippen molar-refractivity contribution in [2.75, 3.05) is 13.1 Å². The second kappa shape index (κ2) is 25.6. The number of aliphatic hydroxyl groups is 1. The van der Waals surface area contributed by atoms with Crippen LogP contribution in [0, 0.1) is 11.8 Å². The van der Waals surface area contributed by atoms with Gasteiger partial charge in [0.25, 0.3) is 0 Å². The molecule has 56 heavy (non-hydrogen) atoms. The van der Waals surface area contributed by atoms with Crippen LogP contribution in [0.25, 0.3) is 0 Å². The van der Waals surface area contributed by atoms with Crippen molar-refractivity contribution < 1.29 is 57.3 Å². The molecule has 312 valence electrons. The predicted octanol–water partition coefficient (Wildman–Crippen LogP) is 2.77. The van der Waals surface area contributed by atoms with Gasteiger partial charge in [0.15, 0.2) is 0 Å². The van der Waals surface area contributed by atoms with E-state index in [1.807, 2.05) is 62.4 Å². The topological polar surface area (TPSA) is 254 Å². The molecule has 19 heteroatoms. The van der Waals surface area contributed by atoms with Crippen molar-refractivity contribution in [2.45, 2.75) is 96.8 Å². The molecular formula is C37H54F3N7O9. The van der Waals surface area contributed by atoms with Gasteiger partial charge in [-0.3, -0.25) is 24.6 Å². The summed E-state index contributed by atoms with van der Waals surface area (Å²) >= 11 is 0. The maximum Gasteiger partial charge on any atom is 0.490 e. The van der Waals surface area contributed by atoms with Crippen molar-refractivity contribution in [1.29, 1.82) is 0 Å². The van der Waals surface area contributed by atoms with Crippen molar-refractivity contribution in [3.8, 4) is 0 Å². The van der Waals surface area contributed by atoms with Gasteiger partial charge < -0.3 is 42.0 Å². The van der Waals surface area contributed by atoms with E-state index in [-0.39, 0.29) is 49.7 Å². The van der Waals surface area contributed by atoms with Gasteiger partial charge in [-0.25, -0.2) is 15.1 Å². The average Bonchev–Trinajstić information content (AvgIpc) is 3.14. The quantitative estimate of drug-likeness (QED) is 0.0408. The molecule has 0 fully saturated rings. The summed E-state index contributed by atoms with van der Waals surface area (Å²) in [4.78, 5) is 65.2. The molecule has 4 amide bonds. The van der Waals surface area contributed by atoms with Crippen LogP contribution in [-0.2, 0) is 36.9 Å². The number of hydroxylamine groups is 1. The predicted molar refractivity (Wildman–Crippen MR) is 200 cm³/mol. The van der Waals surface area contributed by atoms with Gasteiger partial charge in [-0.1, -0.05) is 88.4 Å². The summed E-state index contributed by atoms with van der Waals surface area (Å²) in [5.74, 6) is -4.73. The van der Waals surface area contributed by atoms with Gasteiger partial charge in [-0.05, 0) is 48.6 Å². The Morgan fingerprint density at radius 3 is 1.96 bits per heavy atom. The Morgan fingerprint density at radius 1 is 0.875 bits per heavy atom. The first-order chi connectivity index (χ1) is 26.3. The Kier molecular flexibility index (Phi) is 22.2. The first kappa shape index (κ1) is 48.6. The number of hydrogen-bond acceptors (Lipinski definition) is 9. The minimum absolute atomic E-state index is 0.00828. The number of carboxylic acid groups (broad SMARTS) is 1. The molecule has 0 aromatic heterocycles. The lowest BCUT2D eigenvalue weighted by Gasteiger charge is -2.30. The molecule has 0 unspecified atom stereocenters. The fraction of sp³-hybridized carbons (Fsp3) is 0.514. The summed E-state index contributed by atoms with van der Waals surface area (Å²) in [7, 11) is 0. The van der Waals surface area contributed by atoms with E-state index in [0.29, 0.717) is 25.8 Å². The number of ether oxygens (including phenoxy) is 1. The van der Waals surface area contributed by atoms with Crippen LogP contribution in [-0.4, -0.2) is 94.7 Å². The molecule has 4 atom stereocenters. The molecule has 0 spiro atoms.